The summed E-state index contributed by atoms with van der Waals surface area (Å²) in [4.78, 5) is 12.1. The van der Waals surface area contributed by atoms with Gasteiger partial charge in [-0.05, 0) is 12.1 Å². The highest BCUT2D eigenvalue weighted by atomic mass is 19.2. The summed E-state index contributed by atoms with van der Waals surface area (Å²) in [6.45, 7) is 0.330. The zero-order valence-electron chi connectivity index (χ0n) is 11.7. The quantitative estimate of drug-likeness (QED) is 0.521. The molecule has 120 valence electrons. The molecule has 1 atom stereocenters. The topological polar surface area (TPSA) is 38.3 Å². The monoisotopic (exact) mass is 325 g/mol. The number of hydrogen-bond acceptors (Lipinski definition) is 2. The van der Waals surface area contributed by atoms with Crippen molar-refractivity contribution in [2.24, 2.45) is 0 Å². The van der Waals surface area contributed by atoms with Crippen molar-refractivity contribution in [3.8, 4) is 5.75 Å². The van der Waals surface area contributed by atoms with Gasteiger partial charge in [-0.3, -0.25) is 4.79 Å². The van der Waals surface area contributed by atoms with Crippen LogP contribution < -0.4 is 10.1 Å². The van der Waals surface area contributed by atoms with Gasteiger partial charge in [0.2, 0.25) is 0 Å². The van der Waals surface area contributed by atoms with Crippen molar-refractivity contribution in [2.45, 2.75) is 12.5 Å². The first-order chi connectivity index (χ1) is 11.0. The zero-order valence-corrected chi connectivity index (χ0v) is 11.7. The van der Waals surface area contributed by atoms with Crippen LogP contribution in [0.4, 0.5) is 17.6 Å². The maximum absolute atomic E-state index is 13.7. The maximum atomic E-state index is 13.7. The van der Waals surface area contributed by atoms with Crippen molar-refractivity contribution in [3.63, 3.8) is 0 Å². The minimum atomic E-state index is -2.01. The minimum Gasteiger partial charge on any atom is -0.493 e. The molecule has 23 heavy (non-hydrogen) atoms. The second-order valence-corrected chi connectivity index (χ2v) is 5.05. The molecule has 3 rings (SSSR count). The van der Waals surface area contributed by atoms with Crippen molar-refractivity contribution >= 4 is 5.91 Å². The molecule has 3 nitrogen and oxygen atoms in total. The van der Waals surface area contributed by atoms with Gasteiger partial charge >= 0.3 is 0 Å². The Morgan fingerprint density at radius 1 is 1.09 bits per heavy atom. The van der Waals surface area contributed by atoms with Gasteiger partial charge < -0.3 is 10.1 Å². The number of para-hydroxylation sites is 1. The van der Waals surface area contributed by atoms with E-state index < -0.39 is 40.8 Å². The number of rotatable bonds is 2. The largest absolute Gasteiger partial charge is 0.493 e. The van der Waals surface area contributed by atoms with Crippen LogP contribution in [0.3, 0.4) is 0 Å². The number of nitrogens with one attached hydrogen (secondary N) is 1. The maximum Gasteiger partial charge on any atom is 0.254 e. The van der Waals surface area contributed by atoms with Gasteiger partial charge in [-0.15, -0.1) is 0 Å². The fourth-order valence-electron chi connectivity index (χ4n) is 2.47. The van der Waals surface area contributed by atoms with Gasteiger partial charge in [-0.1, -0.05) is 18.2 Å². The van der Waals surface area contributed by atoms with Crippen LogP contribution in [0.1, 0.15) is 28.4 Å². The van der Waals surface area contributed by atoms with Crippen LogP contribution in [0.2, 0.25) is 0 Å². The normalized spacial score (nSPS) is 16.4. The third-order valence-corrected chi connectivity index (χ3v) is 3.61. The Labute approximate surface area is 128 Å². The Bertz CT molecular complexity index is 779. The lowest BCUT2D eigenvalue weighted by Crippen LogP contribution is -2.33. The molecule has 1 heterocycles. The van der Waals surface area contributed by atoms with E-state index in [2.05, 4.69) is 5.32 Å². The molecule has 0 saturated carbocycles. The molecule has 0 unspecified atom stereocenters. The van der Waals surface area contributed by atoms with Gasteiger partial charge in [-0.2, -0.15) is 0 Å². The van der Waals surface area contributed by atoms with Crippen LogP contribution in [-0.2, 0) is 0 Å². The average Bonchev–Trinajstić information content (AvgIpc) is 2.56. The molecular weight excluding hydrogens is 314 g/mol. The Kier molecular flexibility index (Phi) is 3.94. The molecule has 0 fully saturated rings. The van der Waals surface area contributed by atoms with E-state index in [1.165, 1.54) is 0 Å². The molecule has 0 aliphatic carbocycles. The van der Waals surface area contributed by atoms with Gasteiger partial charge in [0.1, 0.15) is 5.75 Å². The summed E-state index contributed by atoms with van der Waals surface area (Å²) in [5.41, 5.74) is -0.207. The van der Waals surface area contributed by atoms with Crippen LogP contribution in [0.15, 0.2) is 30.3 Å². The van der Waals surface area contributed by atoms with Crippen molar-refractivity contribution in [1.82, 2.24) is 5.32 Å². The lowest BCUT2D eigenvalue weighted by molar-refractivity contribution is 0.0918. The lowest BCUT2D eigenvalue weighted by atomic mass is 10.00. The first-order valence-corrected chi connectivity index (χ1v) is 6.84. The van der Waals surface area contributed by atoms with Gasteiger partial charge in [0.05, 0.1) is 18.2 Å². The van der Waals surface area contributed by atoms with Gasteiger partial charge in [0.25, 0.3) is 5.91 Å². The smallest absolute Gasteiger partial charge is 0.254 e. The summed E-state index contributed by atoms with van der Waals surface area (Å²) in [7, 11) is 0. The van der Waals surface area contributed by atoms with Crippen molar-refractivity contribution < 1.29 is 27.1 Å². The zero-order chi connectivity index (χ0) is 16.6. The highest BCUT2D eigenvalue weighted by Gasteiger charge is 2.27. The molecule has 0 saturated heterocycles. The predicted octanol–water partition coefficient (Wildman–Crippen LogP) is 3.50. The van der Waals surface area contributed by atoms with Crippen LogP contribution in [0.5, 0.6) is 5.75 Å². The molecule has 0 spiro atoms. The molecule has 1 aliphatic rings. The Morgan fingerprint density at radius 2 is 1.83 bits per heavy atom. The van der Waals surface area contributed by atoms with E-state index in [9.17, 15) is 22.4 Å². The van der Waals surface area contributed by atoms with E-state index >= 15 is 0 Å². The Hall–Kier alpha value is -2.57. The van der Waals surface area contributed by atoms with E-state index in [-0.39, 0.29) is 0 Å². The number of hydrogen-bond donors (Lipinski definition) is 1. The molecule has 1 N–H and O–H groups in total. The SMILES string of the molecule is O=C(N[C@H]1CCOc2ccccc21)c1cc(F)c(F)c(F)c1F. The number of halogens is 4. The predicted molar refractivity (Wildman–Crippen MR) is 73.0 cm³/mol. The number of carbonyl (C=O) groups excluding carboxylic acids is 1. The lowest BCUT2D eigenvalue weighted by Gasteiger charge is -2.26. The standard InChI is InChI=1S/C16H11F4NO2/c17-10-7-9(13(18)15(20)14(10)19)16(22)21-11-5-6-23-12-4-2-1-3-8(11)12/h1-4,7,11H,5-6H2,(H,21,22)/t11-/m0/s1. The van der Waals surface area contributed by atoms with E-state index in [1.807, 2.05) is 0 Å². The molecule has 1 amide bonds. The summed E-state index contributed by atoms with van der Waals surface area (Å²) in [6, 6.07) is 6.78. The van der Waals surface area contributed by atoms with E-state index in [4.69, 9.17) is 4.74 Å². The number of ether oxygens (including phenoxy) is 1. The highest BCUT2D eigenvalue weighted by Crippen LogP contribution is 2.32. The molecular formula is C16H11F4NO2. The molecule has 1 aliphatic heterocycles. The first-order valence-electron chi connectivity index (χ1n) is 6.84. The van der Waals surface area contributed by atoms with Gasteiger partial charge in [0.15, 0.2) is 23.3 Å². The highest BCUT2D eigenvalue weighted by molar-refractivity contribution is 5.94. The summed E-state index contributed by atoms with van der Waals surface area (Å²) >= 11 is 0. The molecule has 7 heteroatoms. The van der Waals surface area contributed by atoms with Crippen LogP contribution in [0.25, 0.3) is 0 Å². The average molecular weight is 325 g/mol. The minimum absolute atomic E-state index is 0.330. The third-order valence-electron chi connectivity index (χ3n) is 3.61. The Balaban J connectivity index is 1.89. The number of benzene rings is 2. The molecule has 0 aromatic heterocycles. The van der Waals surface area contributed by atoms with Crippen LogP contribution in [-0.4, -0.2) is 12.5 Å². The molecule has 0 radical (unpaired) electrons. The summed E-state index contributed by atoms with van der Waals surface area (Å²) in [6.07, 6.45) is 0.413. The van der Waals surface area contributed by atoms with E-state index in [0.29, 0.717) is 30.4 Å². The van der Waals surface area contributed by atoms with Crippen LogP contribution >= 0.6 is 0 Å². The van der Waals surface area contributed by atoms with Crippen LogP contribution in [0, 0.1) is 23.3 Å². The fraction of sp³-hybridized carbons (Fsp3) is 0.188. The van der Waals surface area contributed by atoms with Gasteiger partial charge in [0, 0.05) is 12.0 Å². The molecule has 2 aromatic carbocycles. The molecule has 2 aromatic rings. The summed E-state index contributed by atoms with van der Waals surface area (Å²) < 4.78 is 58.5. The third kappa shape index (κ3) is 2.74. The van der Waals surface area contributed by atoms with Gasteiger partial charge in [-0.25, -0.2) is 17.6 Å². The number of fused-ring (bicyclic) bond motifs is 1. The van der Waals surface area contributed by atoms with E-state index in [0.717, 1.165) is 0 Å². The fourth-order valence-corrected chi connectivity index (χ4v) is 2.47. The van der Waals surface area contributed by atoms with E-state index in [1.54, 1.807) is 24.3 Å². The summed E-state index contributed by atoms with van der Waals surface area (Å²) in [5, 5.41) is 2.49. The number of amides is 1. The van der Waals surface area contributed by atoms with Crippen molar-refractivity contribution in [2.75, 3.05) is 6.61 Å². The van der Waals surface area contributed by atoms with Crippen molar-refractivity contribution in [3.05, 3.63) is 64.7 Å². The first kappa shape index (κ1) is 15.3. The Morgan fingerprint density at radius 3 is 2.61 bits per heavy atom. The van der Waals surface area contributed by atoms with Crippen molar-refractivity contribution in [1.29, 1.82) is 0 Å². The molecule has 0 bridgehead atoms. The summed E-state index contributed by atoms with van der Waals surface area (Å²) in [5.74, 6) is -7.76. The number of carbonyl (C=O) groups is 1. The second kappa shape index (κ2) is 5.91. The second-order valence-electron chi connectivity index (χ2n) is 5.05.